The maximum absolute atomic E-state index is 10.9. The molecular weight excluding hydrogens is 257 g/mol. The highest BCUT2D eigenvalue weighted by molar-refractivity contribution is 14.1. The second kappa shape index (κ2) is 4.79. The summed E-state index contributed by atoms with van der Waals surface area (Å²) in [5, 5.41) is 2.81. The first-order chi connectivity index (χ1) is 5.33. The van der Waals surface area contributed by atoms with E-state index in [4.69, 9.17) is 4.74 Å². The van der Waals surface area contributed by atoms with Crippen LogP contribution in [-0.4, -0.2) is 16.7 Å². The van der Waals surface area contributed by atoms with Crippen molar-refractivity contribution < 1.29 is 9.53 Å². The van der Waals surface area contributed by atoms with E-state index in [2.05, 4.69) is 5.32 Å². The number of carbonyl (C=O) groups excluding carboxylic acids is 1. The molecule has 1 amide bonds. The Morgan fingerprint density at radius 2 is 2.18 bits per heavy atom. The molecule has 1 saturated carbocycles. The van der Waals surface area contributed by atoms with Crippen molar-refractivity contribution in [2.45, 2.75) is 31.7 Å². The van der Waals surface area contributed by atoms with Gasteiger partial charge < -0.3 is 10.1 Å². The molecule has 1 rings (SSSR count). The maximum Gasteiger partial charge on any atom is 0.408 e. The Labute approximate surface area is 80.0 Å². The minimum atomic E-state index is -0.272. The Bertz CT molecular complexity index is 134. The van der Waals surface area contributed by atoms with Crippen molar-refractivity contribution >= 4 is 28.7 Å². The molecule has 0 aromatic rings. The normalized spacial score (nSPS) is 18.3. The topological polar surface area (TPSA) is 38.3 Å². The predicted molar refractivity (Wildman–Crippen MR) is 50.8 cm³/mol. The van der Waals surface area contributed by atoms with Crippen LogP contribution >= 0.6 is 22.6 Å². The largest absolute Gasteiger partial charge is 0.439 e. The van der Waals surface area contributed by atoms with Crippen LogP contribution < -0.4 is 5.32 Å². The molecule has 0 heterocycles. The average Bonchev–Trinajstić information content (AvgIpc) is 2.40. The molecule has 1 N–H and O–H groups in total. The summed E-state index contributed by atoms with van der Waals surface area (Å²) >= 11 is 2.01. The first-order valence-electron chi connectivity index (χ1n) is 3.82. The molecule has 0 aliphatic heterocycles. The highest BCUT2D eigenvalue weighted by atomic mass is 127. The van der Waals surface area contributed by atoms with Gasteiger partial charge in [-0.05, 0) is 35.4 Å². The van der Waals surface area contributed by atoms with Crippen molar-refractivity contribution in [1.29, 1.82) is 0 Å². The first kappa shape index (κ1) is 9.09. The quantitative estimate of drug-likeness (QED) is 0.615. The van der Waals surface area contributed by atoms with Gasteiger partial charge in [0.1, 0.15) is 4.61 Å². The van der Waals surface area contributed by atoms with Gasteiger partial charge in [0.25, 0.3) is 0 Å². The fourth-order valence-electron chi connectivity index (χ4n) is 1.33. The summed E-state index contributed by atoms with van der Waals surface area (Å²) < 4.78 is 5.17. The minimum Gasteiger partial charge on any atom is -0.439 e. The number of carbonyl (C=O) groups is 1. The molecular formula is C7H12INO2. The zero-order chi connectivity index (χ0) is 8.10. The van der Waals surface area contributed by atoms with Gasteiger partial charge in [-0.3, -0.25) is 0 Å². The monoisotopic (exact) mass is 269 g/mol. The lowest BCUT2D eigenvalue weighted by atomic mass is 10.3. The van der Waals surface area contributed by atoms with Gasteiger partial charge in [-0.25, -0.2) is 4.79 Å². The second-order valence-electron chi connectivity index (χ2n) is 2.67. The van der Waals surface area contributed by atoms with E-state index in [0.29, 0.717) is 10.7 Å². The maximum atomic E-state index is 10.9. The molecule has 0 aromatic heterocycles. The molecule has 0 radical (unpaired) electrons. The van der Waals surface area contributed by atoms with E-state index >= 15 is 0 Å². The molecule has 0 atom stereocenters. The minimum absolute atomic E-state index is 0.272. The summed E-state index contributed by atoms with van der Waals surface area (Å²) in [5.41, 5.74) is 0. The number of rotatable bonds is 2. The number of amides is 1. The number of halogens is 1. The Morgan fingerprint density at radius 3 is 2.73 bits per heavy atom. The average molecular weight is 269 g/mol. The molecule has 11 heavy (non-hydrogen) atoms. The molecule has 0 unspecified atom stereocenters. The van der Waals surface area contributed by atoms with Crippen LogP contribution in [0.25, 0.3) is 0 Å². The lowest BCUT2D eigenvalue weighted by molar-refractivity contribution is 0.164. The molecule has 0 spiro atoms. The van der Waals surface area contributed by atoms with E-state index in [-0.39, 0.29) is 6.09 Å². The molecule has 4 heteroatoms. The SMILES string of the molecule is O=C(NC1CCCC1)OCI. The summed E-state index contributed by atoms with van der Waals surface area (Å²) in [6.07, 6.45) is 4.41. The van der Waals surface area contributed by atoms with Crippen LogP contribution in [-0.2, 0) is 4.74 Å². The van der Waals surface area contributed by atoms with Crippen molar-refractivity contribution in [2.75, 3.05) is 4.61 Å². The Hall–Kier alpha value is 0. The van der Waals surface area contributed by atoms with Gasteiger partial charge in [0, 0.05) is 6.04 Å². The highest BCUT2D eigenvalue weighted by Gasteiger charge is 2.16. The van der Waals surface area contributed by atoms with E-state index in [1.54, 1.807) is 0 Å². The summed E-state index contributed by atoms with van der Waals surface area (Å²) in [7, 11) is 0. The summed E-state index contributed by atoms with van der Waals surface area (Å²) in [5.74, 6) is 0. The van der Waals surface area contributed by atoms with E-state index in [9.17, 15) is 4.79 Å². The zero-order valence-corrected chi connectivity index (χ0v) is 8.46. The van der Waals surface area contributed by atoms with Gasteiger partial charge in [0.2, 0.25) is 0 Å². The van der Waals surface area contributed by atoms with E-state index in [0.717, 1.165) is 12.8 Å². The Balaban J connectivity index is 2.13. The number of nitrogens with one attached hydrogen (secondary N) is 1. The second-order valence-corrected chi connectivity index (χ2v) is 3.29. The lowest BCUT2D eigenvalue weighted by Gasteiger charge is -2.10. The van der Waals surface area contributed by atoms with Crippen molar-refractivity contribution in [2.24, 2.45) is 0 Å². The zero-order valence-electron chi connectivity index (χ0n) is 6.31. The molecule has 0 bridgehead atoms. The van der Waals surface area contributed by atoms with E-state index in [1.165, 1.54) is 12.8 Å². The first-order valence-corrected chi connectivity index (χ1v) is 5.34. The summed E-state index contributed by atoms with van der Waals surface area (Å²) in [6, 6.07) is 0.366. The molecule has 0 saturated heterocycles. The van der Waals surface area contributed by atoms with E-state index < -0.39 is 0 Å². The van der Waals surface area contributed by atoms with Crippen LogP contribution in [0.4, 0.5) is 4.79 Å². The molecule has 1 aliphatic carbocycles. The summed E-state index contributed by atoms with van der Waals surface area (Å²) in [6.45, 7) is 0. The smallest absolute Gasteiger partial charge is 0.408 e. The third-order valence-corrected chi connectivity index (χ3v) is 2.17. The van der Waals surface area contributed by atoms with Crippen molar-refractivity contribution in [3.8, 4) is 0 Å². The van der Waals surface area contributed by atoms with Gasteiger partial charge in [-0.2, -0.15) is 0 Å². The molecule has 3 nitrogen and oxygen atoms in total. The predicted octanol–water partition coefficient (Wildman–Crippen LogP) is 2.05. The van der Waals surface area contributed by atoms with Crippen LogP contribution in [0.2, 0.25) is 0 Å². The van der Waals surface area contributed by atoms with Crippen LogP contribution in [0, 0.1) is 0 Å². The van der Waals surface area contributed by atoms with Crippen LogP contribution in [0.1, 0.15) is 25.7 Å². The number of hydrogen-bond donors (Lipinski definition) is 1. The Morgan fingerprint density at radius 1 is 1.55 bits per heavy atom. The fourth-order valence-corrected chi connectivity index (χ4v) is 1.61. The number of alkyl halides is 1. The number of ether oxygens (including phenoxy) is 1. The fraction of sp³-hybridized carbons (Fsp3) is 0.857. The molecule has 0 aromatic carbocycles. The van der Waals surface area contributed by atoms with E-state index in [1.807, 2.05) is 22.6 Å². The molecule has 1 fully saturated rings. The Kier molecular flexibility index (Phi) is 3.96. The van der Waals surface area contributed by atoms with Crippen molar-refractivity contribution in [1.82, 2.24) is 5.32 Å². The number of hydrogen-bond acceptors (Lipinski definition) is 2. The standard InChI is InChI=1S/C7H12INO2/c8-5-11-7(10)9-6-3-1-2-4-6/h6H,1-5H2,(H,9,10). The lowest BCUT2D eigenvalue weighted by Crippen LogP contribution is -2.32. The van der Waals surface area contributed by atoms with Gasteiger partial charge in [0.05, 0.1) is 0 Å². The van der Waals surface area contributed by atoms with Crippen LogP contribution in [0.5, 0.6) is 0 Å². The third-order valence-electron chi connectivity index (χ3n) is 1.86. The van der Waals surface area contributed by atoms with Gasteiger partial charge in [-0.15, -0.1) is 0 Å². The third kappa shape index (κ3) is 3.27. The van der Waals surface area contributed by atoms with Gasteiger partial charge in [0.15, 0.2) is 0 Å². The number of alkyl carbamates (subject to hydrolysis) is 1. The van der Waals surface area contributed by atoms with Gasteiger partial charge >= 0.3 is 6.09 Å². The van der Waals surface area contributed by atoms with Crippen LogP contribution in [0.3, 0.4) is 0 Å². The van der Waals surface area contributed by atoms with Crippen molar-refractivity contribution in [3.63, 3.8) is 0 Å². The molecule has 64 valence electrons. The highest BCUT2D eigenvalue weighted by Crippen LogP contribution is 2.17. The van der Waals surface area contributed by atoms with Gasteiger partial charge in [-0.1, -0.05) is 12.8 Å². The van der Waals surface area contributed by atoms with Crippen LogP contribution in [0.15, 0.2) is 0 Å². The summed E-state index contributed by atoms with van der Waals surface area (Å²) in [4.78, 5) is 10.9. The van der Waals surface area contributed by atoms with Crippen molar-refractivity contribution in [3.05, 3.63) is 0 Å². The molecule has 1 aliphatic rings.